The van der Waals surface area contributed by atoms with Crippen LogP contribution in [-0.2, 0) is 6.54 Å². The van der Waals surface area contributed by atoms with Crippen molar-refractivity contribution in [2.24, 2.45) is 5.92 Å². The Hall–Kier alpha value is -3.07. The summed E-state index contributed by atoms with van der Waals surface area (Å²) in [4.78, 5) is 15.5. The summed E-state index contributed by atoms with van der Waals surface area (Å²) in [5, 5.41) is 3.31. The van der Waals surface area contributed by atoms with Crippen molar-refractivity contribution < 1.29 is 8.78 Å². The summed E-state index contributed by atoms with van der Waals surface area (Å²) in [5.74, 6) is 2.02. The van der Waals surface area contributed by atoms with Gasteiger partial charge in [0.1, 0.15) is 35.8 Å². The molecule has 3 aromatic rings. The van der Waals surface area contributed by atoms with Gasteiger partial charge in [-0.05, 0) is 43.0 Å². The largest absolute Gasteiger partial charge is 0.383 e. The Morgan fingerprint density at radius 2 is 2.03 bits per heavy atom. The molecule has 9 heteroatoms. The molecule has 186 valence electrons. The molecule has 7 nitrogen and oxygen atoms in total. The fraction of sp³-hybridized carbons (Fsp3) is 0.500. The van der Waals surface area contributed by atoms with Gasteiger partial charge in [0.05, 0.1) is 18.2 Å². The summed E-state index contributed by atoms with van der Waals surface area (Å²) >= 11 is 0. The van der Waals surface area contributed by atoms with Crippen LogP contribution in [0.2, 0.25) is 0 Å². The quantitative estimate of drug-likeness (QED) is 0.553. The number of alkyl halides is 1. The van der Waals surface area contributed by atoms with E-state index in [-0.39, 0.29) is 24.2 Å². The van der Waals surface area contributed by atoms with Crippen LogP contribution in [0.15, 0.2) is 30.7 Å². The van der Waals surface area contributed by atoms with Crippen LogP contribution in [0.4, 0.5) is 20.4 Å². The highest BCUT2D eigenvalue weighted by Gasteiger charge is 2.36. The normalized spacial score (nSPS) is 20.9. The van der Waals surface area contributed by atoms with Gasteiger partial charge in [0.25, 0.3) is 0 Å². The Bertz CT molecular complexity index is 1200. The van der Waals surface area contributed by atoms with Crippen molar-refractivity contribution in [3.63, 3.8) is 0 Å². The molecule has 2 aliphatic heterocycles. The van der Waals surface area contributed by atoms with E-state index in [9.17, 15) is 4.39 Å². The van der Waals surface area contributed by atoms with Gasteiger partial charge in [-0.1, -0.05) is 13.8 Å². The topological polar surface area (TPSA) is 84.9 Å². The lowest BCUT2D eigenvalue weighted by Gasteiger charge is -2.37. The predicted octanol–water partition coefficient (Wildman–Crippen LogP) is 4.04. The number of anilines is 2. The molecule has 2 aromatic heterocycles. The molecular formula is C26H33F2N7. The van der Waals surface area contributed by atoms with Gasteiger partial charge >= 0.3 is 0 Å². The van der Waals surface area contributed by atoms with Crippen LogP contribution in [0.25, 0.3) is 11.3 Å². The van der Waals surface area contributed by atoms with Crippen LogP contribution in [0.5, 0.6) is 0 Å². The Morgan fingerprint density at radius 3 is 2.69 bits per heavy atom. The van der Waals surface area contributed by atoms with Crippen LogP contribution < -0.4 is 16.0 Å². The molecule has 2 aliphatic rings. The van der Waals surface area contributed by atoms with E-state index in [2.05, 4.69) is 19.9 Å². The van der Waals surface area contributed by atoms with E-state index in [0.29, 0.717) is 30.3 Å². The van der Waals surface area contributed by atoms with Gasteiger partial charge in [-0.3, -0.25) is 0 Å². The molecule has 0 spiro atoms. The van der Waals surface area contributed by atoms with Crippen LogP contribution >= 0.6 is 0 Å². The molecule has 0 saturated carbocycles. The third-order valence-electron chi connectivity index (χ3n) is 7.23. The van der Waals surface area contributed by atoms with Crippen molar-refractivity contribution in [3.05, 3.63) is 53.5 Å². The van der Waals surface area contributed by atoms with Crippen molar-refractivity contribution in [1.29, 1.82) is 0 Å². The standard InChI is InChI=1S/C26H33F2N7/c1-15(2)23-24(29)31-14-32-26(23)34-7-6-19(21(28)12-34)25-33-22(13-35(25)11-17-9-30-10-17)18-4-5-20(27)16(3)8-18/h4-5,8,13-15,17,19,21,30H,6-7,9-12H2,1-3H3,(H2,29,31,32). The average Bonchev–Trinajstić information content (AvgIpc) is 3.21. The number of nitrogen functional groups attached to an aromatic ring is 1. The molecule has 3 N–H and O–H groups in total. The first-order valence-electron chi connectivity index (χ1n) is 12.4. The number of aromatic nitrogens is 4. The highest BCUT2D eigenvalue weighted by molar-refractivity contribution is 5.60. The lowest BCUT2D eigenvalue weighted by Crippen LogP contribution is -2.45. The van der Waals surface area contributed by atoms with Crippen LogP contribution in [-0.4, -0.2) is 51.9 Å². The maximum atomic E-state index is 15.8. The fourth-order valence-corrected chi connectivity index (χ4v) is 5.16. The number of nitrogens with two attached hydrogens (primary N) is 1. The number of nitrogens with one attached hydrogen (secondary N) is 1. The lowest BCUT2D eigenvalue weighted by atomic mass is 9.92. The summed E-state index contributed by atoms with van der Waals surface area (Å²) < 4.78 is 31.8. The molecule has 2 atom stereocenters. The number of benzene rings is 1. The first-order valence-corrected chi connectivity index (χ1v) is 12.4. The first kappa shape index (κ1) is 23.7. The van der Waals surface area contributed by atoms with Crippen LogP contribution in [0.3, 0.4) is 0 Å². The highest BCUT2D eigenvalue weighted by Crippen LogP contribution is 2.37. The number of piperidine rings is 1. The summed E-state index contributed by atoms with van der Waals surface area (Å²) in [6, 6.07) is 5.01. The van der Waals surface area contributed by atoms with E-state index in [0.717, 1.165) is 48.1 Å². The molecule has 0 bridgehead atoms. The molecular weight excluding hydrogens is 448 g/mol. The van der Waals surface area contributed by atoms with E-state index in [1.54, 1.807) is 19.1 Å². The molecule has 2 unspecified atom stereocenters. The number of halogens is 2. The minimum Gasteiger partial charge on any atom is -0.383 e. The molecule has 4 heterocycles. The maximum absolute atomic E-state index is 15.8. The molecule has 0 radical (unpaired) electrons. The highest BCUT2D eigenvalue weighted by atomic mass is 19.1. The van der Waals surface area contributed by atoms with Crippen LogP contribution in [0, 0.1) is 18.7 Å². The molecule has 1 aromatic carbocycles. The van der Waals surface area contributed by atoms with E-state index in [4.69, 9.17) is 10.7 Å². The number of rotatable bonds is 6. The smallest absolute Gasteiger partial charge is 0.137 e. The molecule has 2 saturated heterocycles. The van der Waals surface area contributed by atoms with Gasteiger partial charge in [-0.2, -0.15) is 0 Å². The maximum Gasteiger partial charge on any atom is 0.137 e. The zero-order valence-corrected chi connectivity index (χ0v) is 20.5. The van der Waals surface area contributed by atoms with E-state index >= 15 is 4.39 Å². The zero-order chi connectivity index (χ0) is 24.7. The van der Waals surface area contributed by atoms with Gasteiger partial charge in [0.15, 0.2) is 0 Å². The number of aryl methyl sites for hydroxylation is 1. The number of imidazole rings is 1. The van der Waals surface area contributed by atoms with Gasteiger partial charge in [-0.25, -0.2) is 23.7 Å². The minimum atomic E-state index is -1.11. The van der Waals surface area contributed by atoms with Gasteiger partial charge < -0.3 is 20.5 Å². The average molecular weight is 482 g/mol. The van der Waals surface area contributed by atoms with Gasteiger partial charge in [0, 0.05) is 49.4 Å². The summed E-state index contributed by atoms with van der Waals surface area (Å²) in [5.41, 5.74) is 9.18. The van der Waals surface area contributed by atoms with Gasteiger partial charge in [0.2, 0.25) is 0 Å². The monoisotopic (exact) mass is 481 g/mol. The molecule has 2 fully saturated rings. The third kappa shape index (κ3) is 4.61. The summed E-state index contributed by atoms with van der Waals surface area (Å²) in [6.45, 7) is 9.41. The lowest BCUT2D eigenvalue weighted by molar-refractivity contribution is 0.232. The third-order valence-corrected chi connectivity index (χ3v) is 7.23. The molecule has 5 rings (SSSR count). The number of hydrogen-bond donors (Lipinski definition) is 2. The fourth-order valence-electron chi connectivity index (χ4n) is 5.16. The summed E-state index contributed by atoms with van der Waals surface area (Å²) in [6.07, 6.45) is 2.96. The number of nitrogens with zero attached hydrogens (tertiary/aromatic N) is 5. The molecule has 0 amide bonds. The SMILES string of the molecule is Cc1cc(-c2cn(CC3CNC3)c(C3CCN(c4ncnc(N)c4C(C)C)CC3F)n2)ccc1F. The summed E-state index contributed by atoms with van der Waals surface area (Å²) in [7, 11) is 0. The Morgan fingerprint density at radius 1 is 1.23 bits per heavy atom. The van der Waals surface area contributed by atoms with Crippen molar-refractivity contribution in [1.82, 2.24) is 24.8 Å². The van der Waals surface area contributed by atoms with E-state index in [1.807, 2.05) is 24.9 Å². The van der Waals surface area contributed by atoms with Crippen molar-refractivity contribution in [2.45, 2.75) is 51.7 Å². The van der Waals surface area contributed by atoms with Crippen LogP contribution in [0.1, 0.15) is 49.1 Å². The first-order chi connectivity index (χ1) is 16.8. The second kappa shape index (κ2) is 9.53. The van der Waals surface area contributed by atoms with Gasteiger partial charge in [-0.15, -0.1) is 0 Å². The van der Waals surface area contributed by atoms with Crippen molar-refractivity contribution in [2.75, 3.05) is 36.8 Å². The van der Waals surface area contributed by atoms with E-state index < -0.39 is 6.17 Å². The zero-order valence-electron chi connectivity index (χ0n) is 20.5. The second-order valence-electron chi connectivity index (χ2n) is 10.1. The predicted molar refractivity (Wildman–Crippen MR) is 134 cm³/mol. The Labute approximate surface area is 204 Å². The second-order valence-corrected chi connectivity index (χ2v) is 10.1. The molecule has 35 heavy (non-hydrogen) atoms. The minimum absolute atomic E-state index is 0.138. The van der Waals surface area contributed by atoms with E-state index in [1.165, 1.54) is 12.4 Å². The van der Waals surface area contributed by atoms with Crippen molar-refractivity contribution >= 4 is 11.6 Å². The molecule has 0 aliphatic carbocycles. The van der Waals surface area contributed by atoms with Crippen molar-refractivity contribution in [3.8, 4) is 11.3 Å². The Balaban J connectivity index is 1.43. The Kier molecular flexibility index (Phi) is 6.44. The number of hydrogen-bond acceptors (Lipinski definition) is 6.